The van der Waals surface area contributed by atoms with E-state index in [1.807, 2.05) is 31.2 Å². The number of aryl methyl sites for hydroxylation is 1. The normalized spacial score (nSPS) is 10.7. The second-order valence-corrected chi connectivity index (χ2v) is 8.01. The second-order valence-electron chi connectivity index (χ2n) is 7.07. The van der Waals surface area contributed by atoms with Gasteiger partial charge in [0, 0.05) is 11.8 Å². The molecule has 33 heavy (non-hydrogen) atoms. The molecule has 0 aliphatic carbocycles. The van der Waals surface area contributed by atoms with Crippen molar-refractivity contribution < 1.29 is 14.1 Å². The molecule has 0 atom stereocenters. The van der Waals surface area contributed by atoms with Crippen LogP contribution in [0.2, 0.25) is 0 Å². The number of benzene rings is 3. The third-order valence-corrected chi connectivity index (χ3v) is 5.68. The quantitative estimate of drug-likeness (QED) is 0.234. The Labute approximate surface area is 192 Å². The number of thioether (sulfide) groups is 1. The van der Waals surface area contributed by atoms with Crippen LogP contribution in [-0.2, 0) is 4.79 Å². The van der Waals surface area contributed by atoms with Crippen LogP contribution >= 0.6 is 11.8 Å². The summed E-state index contributed by atoms with van der Waals surface area (Å²) in [5.74, 6) is -0.657. The number of aromatic nitrogens is 3. The number of nitrogens with zero attached hydrogens (tertiary/aromatic N) is 4. The number of nitro groups is 1. The van der Waals surface area contributed by atoms with Crippen LogP contribution in [0.1, 0.15) is 5.56 Å². The molecule has 4 rings (SSSR count). The zero-order valence-electron chi connectivity index (χ0n) is 17.4. The average Bonchev–Trinajstić information content (AvgIpc) is 3.22. The van der Waals surface area contributed by atoms with E-state index in [0.717, 1.165) is 17.3 Å². The maximum absolute atomic E-state index is 14.5. The van der Waals surface area contributed by atoms with Crippen LogP contribution < -0.4 is 5.32 Å². The molecule has 0 bridgehead atoms. The fraction of sp³-hybridized carbons (Fsp3) is 0.0870. The van der Waals surface area contributed by atoms with E-state index in [1.165, 1.54) is 24.3 Å². The third-order valence-electron chi connectivity index (χ3n) is 4.75. The second kappa shape index (κ2) is 9.61. The molecule has 1 amide bonds. The standard InChI is InChI=1S/C23H18FN5O3S/c1-15-10-12-16(13-11-15)28-22(17-6-2-3-7-18(17)24)26-27-23(28)33-14-21(30)25-19-8-4-5-9-20(19)29(31)32/h2-13H,14H2,1H3,(H,25,30). The van der Waals surface area contributed by atoms with Gasteiger partial charge in [0.25, 0.3) is 5.69 Å². The van der Waals surface area contributed by atoms with Gasteiger partial charge < -0.3 is 5.32 Å². The zero-order chi connectivity index (χ0) is 23.4. The Morgan fingerprint density at radius 2 is 1.76 bits per heavy atom. The van der Waals surface area contributed by atoms with Gasteiger partial charge in [0.1, 0.15) is 11.5 Å². The molecule has 0 unspecified atom stereocenters. The van der Waals surface area contributed by atoms with E-state index in [-0.39, 0.29) is 22.7 Å². The van der Waals surface area contributed by atoms with Crippen molar-refractivity contribution in [3.05, 3.63) is 94.3 Å². The minimum atomic E-state index is -0.558. The van der Waals surface area contributed by atoms with Gasteiger partial charge in [-0.1, -0.05) is 53.7 Å². The first-order valence-corrected chi connectivity index (χ1v) is 10.9. The van der Waals surface area contributed by atoms with Crippen molar-refractivity contribution in [1.82, 2.24) is 14.8 Å². The molecular weight excluding hydrogens is 445 g/mol. The number of carbonyl (C=O) groups excluding carboxylic acids is 1. The lowest BCUT2D eigenvalue weighted by Gasteiger charge is -2.11. The van der Waals surface area contributed by atoms with Gasteiger partial charge in [-0.3, -0.25) is 19.5 Å². The fourth-order valence-electron chi connectivity index (χ4n) is 3.16. The number of amides is 1. The van der Waals surface area contributed by atoms with Crippen LogP contribution in [0, 0.1) is 22.9 Å². The summed E-state index contributed by atoms with van der Waals surface area (Å²) in [5.41, 5.74) is 1.96. The maximum Gasteiger partial charge on any atom is 0.292 e. The molecule has 0 aliphatic heterocycles. The Balaban J connectivity index is 1.62. The van der Waals surface area contributed by atoms with Crippen molar-refractivity contribution in [2.24, 2.45) is 0 Å². The van der Waals surface area contributed by atoms with Gasteiger partial charge in [0.2, 0.25) is 5.91 Å². The predicted molar refractivity (Wildman–Crippen MR) is 124 cm³/mol. The number of carbonyl (C=O) groups is 1. The minimum Gasteiger partial charge on any atom is -0.320 e. The molecule has 166 valence electrons. The first kappa shape index (κ1) is 22.2. The largest absolute Gasteiger partial charge is 0.320 e. The van der Waals surface area contributed by atoms with Crippen LogP contribution in [0.15, 0.2) is 78.0 Å². The Morgan fingerprint density at radius 1 is 1.06 bits per heavy atom. The predicted octanol–water partition coefficient (Wildman–Crippen LogP) is 5.02. The lowest BCUT2D eigenvalue weighted by atomic mass is 10.2. The topological polar surface area (TPSA) is 103 Å². The number of halogens is 1. The van der Waals surface area contributed by atoms with Crippen LogP contribution in [0.5, 0.6) is 0 Å². The molecule has 1 N–H and O–H groups in total. The molecule has 3 aromatic carbocycles. The maximum atomic E-state index is 14.5. The summed E-state index contributed by atoms with van der Waals surface area (Å²) in [4.78, 5) is 23.1. The minimum absolute atomic E-state index is 0.0761. The van der Waals surface area contributed by atoms with Crippen molar-refractivity contribution in [3.63, 3.8) is 0 Å². The van der Waals surface area contributed by atoms with Crippen LogP contribution in [0.4, 0.5) is 15.8 Å². The van der Waals surface area contributed by atoms with Gasteiger partial charge >= 0.3 is 0 Å². The van der Waals surface area contributed by atoms with Gasteiger partial charge in [-0.2, -0.15) is 0 Å². The number of anilines is 1. The van der Waals surface area contributed by atoms with E-state index in [0.29, 0.717) is 16.7 Å². The molecule has 0 saturated carbocycles. The van der Waals surface area contributed by atoms with Crippen molar-refractivity contribution in [2.45, 2.75) is 12.1 Å². The van der Waals surface area contributed by atoms with E-state index in [2.05, 4.69) is 15.5 Å². The number of hydrogen-bond donors (Lipinski definition) is 1. The number of nitro benzene ring substituents is 1. The molecule has 0 saturated heterocycles. The Hall–Kier alpha value is -4.05. The van der Waals surface area contributed by atoms with Crippen molar-refractivity contribution in [1.29, 1.82) is 0 Å². The summed E-state index contributed by atoms with van der Waals surface area (Å²) in [6.45, 7) is 1.95. The Morgan fingerprint density at radius 3 is 2.48 bits per heavy atom. The van der Waals surface area contributed by atoms with Crippen LogP contribution in [0.25, 0.3) is 17.1 Å². The highest BCUT2D eigenvalue weighted by atomic mass is 32.2. The SMILES string of the molecule is Cc1ccc(-n2c(SCC(=O)Nc3ccccc3[N+](=O)[O-])nnc2-c2ccccc2F)cc1. The Bertz CT molecular complexity index is 1320. The summed E-state index contributed by atoms with van der Waals surface area (Å²) in [7, 11) is 0. The highest BCUT2D eigenvalue weighted by Crippen LogP contribution is 2.30. The highest BCUT2D eigenvalue weighted by Gasteiger charge is 2.20. The number of hydrogen-bond acceptors (Lipinski definition) is 6. The first-order valence-electron chi connectivity index (χ1n) is 9.87. The molecule has 0 aliphatic rings. The smallest absolute Gasteiger partial charge is 0.292 e. The van der Waals surface area contributed by atoms with E-state index in [4.69, 9.17) is 0 Å². The first-order chi connectivity index (χ1) is 15.9. The van der Waals surface area contributed by atoms with Gasteiger partial charge in [0.05, 0.1) is 16.2 Å². The van der Waals surface area contributed by atoms with E-state index >= 15 is 0 Å². The van der Waals surface area contributed by atoms with Gasteiger partial charge in [0.15, 0.2) is 11.0 Å². The molecule has 1 aromatic heterocycles. The van der Waals surface area contributed by atoms with Gasteiger partial charge in [-0.25, -0.2) is 4.39 Å². The van der Waals surface area contributed by atoms with E-state index < -0.39 is 16.6 Å². The van der Waals surface area contributed by atoms with Crippen LogP contribution in [0.3, 0.4) is 0 Å². The van der Waals surface area contributed by atoms with Crippen molar-refractivity contribution >= 4 is 29.0 Å². The summed E-state index contributed by atoms with van der Waals surface area (Å²) in [6, 6.07) is 19.7. The van der Waals surface area contributed by atoms with Crippen molar-refractivity contribution in [2.75, 3.05) is 11.1 Å². The average molecular weight is 463 g/mol. The number of nitrogens with one attached hydrogen (secondary N) is 1. The van der Waals surface area contributed by atoms with E-state index in [9.17, 15) is 19.3 Å². The molecule has 1 heterocycles. The van der Waals surface area contributed by atoms with Gasteiger partial charge in [-0.15, -0.1) is 10.2 Å². The lowest BCUT2D eigenvalue weighted by molar-refractivity contribution is -0.383. The number of para-hydroxylation sites is 2. The van der Waals surface area contributed by atoms with Gasteiger partial charge in [-0.05, 0) is 37.3 Å². The fourth-order valence-corrected chi connectivity index (χ4v) is 3.91. The lowest BCUT2D eigenvalue weighted by Crippen LogP contribution is -2.15. The summed E-state index contributed by atoms with van der Waals surface area (Å²) < 4.78 is 16.2. The molecule has 0 radical (unpaired) electrons. The molecule has 4 aromatic rings. The molecular formula is C23H18FN5O3S. The molecule has 0 spiro atoms. The molecule has 0 fully saturated rings. The van der Waals surface area contributed by atoms with Crippen LogP contribution in [-0.4, -0.2) is 31.3 Å². The Kier molecular flexibility index (Phi) is 6.45. The number of rotatable bonds is 7. The molecule has 8 nitrogen and oxygen atoms in total. The monoisotopic (exact) mass is 463 g/mol. The van der Waals surface area contributed by atoms with Crippen molar-refractivity contribution in [3.8, 4) is 17.1 Å². The summed E-state index contributed by atoms with van der Waals surface area (Å²) in [5, 5.41) is 22.5. The zero-order valence-corrected chi connectivity index (χ0v) is 18.3. The van der Waals surface area contributed by atoms with E-state index in [1.54, 1.807) is 28.8 Å². The highest BCUT2D eigenvalue weighted by molar-refractivity contribution is 7.99. The summed E-state index contributed by atoms with van der Waals surface area (Å²) >= 11 is 1.09. The molecule has 10 heteroatoms. The third kappa shape index (κ3) is 4.90. The summed E-state index contributed by atoms with van der Waals surface area (Å²) in [6.07, 6.45) is 0.